The summed E-state index contributed by atoms with van der Waals surface area (Å²) in [5.74, 6) is 1.01. The number of thioether (sulfide) groups is 1. The van der Waals surface area contributed by atoms with E-state index in [2.05, 4.69) is 0 Å². The fraction of sp³-hybridized carbons (Fsp3) is 0.400. The molecule has 1 fully saturated rings. The fourth-order valence-electron chi connectivity index (χ4n) is 1.61. The van der Waals surface area contributed by atoms with Gasteiger partial charge in [0, 0.05) is 24.6 Å². The first kappa shape index (κ1) is 13.1. The van der Waals surface area contributed by atoms with E-state index in [1.165, 1.54) is 10.4 Å². The second-order valence-electron chi connectivity index (χ2n) is 3.59. The van der Waals surface area contributed by atoms with Crippen LogP contribution in [0.15, 0.2) is 23.1 Å². The zero-order chi connectivity index (χ0) is 12.5. The van der Waals surface area contributed by atoms with Gasteiger partial charge in [-0.2, -0.15) is 16.1 Å². The molecular weight excluding hydrogens is 285 g/mol. The van der Waals surface area contributed by atoms with E-state index in [-0.39, 0.29) is 9.92 Å². The van der Waals surface area contributed by atoms with E-state index >= 15 is 0 Å². The first-order valence-corrected chi connectivity index (χ1v) is 8.02. The van der Waals surface area contributed by atoms with Gasteiger partial charge in [0.2, 0.25) is 10.0 Å². The molecule has 0 spiro atoms. The normalized spacial score (nSPS) is 18.2. The molecule has 1 aromatic carbocycles. The SMILES string of the molecule is O=S(=O)(c1ccc(F)cc1Cl)N1CCSCC1. The molecular formula is C10H11ClFNO2S2. The van der Waals surface area contributed by atoms with Gasteiger partial charge in [-0.15, -0.1) is 0 Å². The van der Waals surface area contributed by atoms with E-state index < -0.39 is 15.8 Å². The van der Waals surface area contributed by atoms with Gasteiger partial charge in [0.1, 0.15) is 10.7 Å². The topological polar surface area (TPSA) is 37.4 Å². The Morgan fingerprint density at radius 2 is 1.94 bits per heavy atom. The molecule has 3 nitrogen and oxygen atoms in total. The summed E-state index contributed by atoms with van der Waals surface area (Å²) in [6, 6.07) is 3.35. The van der Waals surface area contributed by atoms with Crippen molar-refractivity contribution in [1.29, 1.82) is 0 Å². The van der Waals surface area contributed by atoms with Crippen molar-refractivity contribution in [3.63, 3.8) is 0 Å². The van der Waals surface area contributed by atoms with Crippen molar-refractivity contribution in [1.82, 2.24) is 4.31 Å². The van der Waals surface area contributed by atoms with Crippen LogP contribution >= 0.6 is 23.4 Å². The Hall–Kier alpha value is -0.300. The molecule has 94 valence electrons. The fourth-order valence-corrected chi connectivity index (χ4v) is 4.69. The maximum absolute atomic E-state index is 12.9. The molecule has 1 heterocycles. The third-order valence-electron chi connectivity index (χ3n) is 2.48. The average molecular weight is 296 g/mol. The predicted molar refractivity (Wildman–Crippen MR) is 67.5 cm³/mol. The highest BCUT2D eigenvalue weighted by Crippen LogP contribution is 2.26. The van der Waals surface area contributed by atoms with Crippen LogP contribution in [-0.2, 0) is 10.0 Å². The molecule has 17 heavy (non-hydrogen) atoms. The summed E-state index contributed by atoms with van der Waals surface area (Å²) in [5.41, 5.74) is 0. The molecule has 0 saturated carbocycles. The van der Waals surface area contributed by atoms with Gasteiger partial charge >= 0.3 is 0 Å². The third kappa shape index (κ3) is 2.76. The smallest absolute Gasteiger partial charge is 0.207 e. The largest absolute Gasteiger partial charge is 0.244 e. The van der Waals surface area contributed by atoms with Gasteiger partial charge < -0.3 is 0 Å². The van der Waals surface area contributed by atoms with E-state index in [1.807, 2.05) is 0 Å². The molecule has 7 heteroatoms. The minimum absolute atomic E-state index is 0.0209. The molecule has 1 aromatic rings. The Labute approximate surface area is 109 Å². The highest BCUT2D eigenvalue weighted by atomic mass is 35.5. The molecule has 0 amide bonds. The molecule has 0 aromatic heterocycles. The summed E-state index contributed by atoms with van der Waals surface area (Å²) in [7, 11) is -3.59. The Kier molecular flexibility index (Phi) is 3.97. The van der Waals surface area contributed by atoms with Crippen LogP contribution in [-0.4, -0.2) is 37.3 Å². The summed E-state index contributed by atoms with van der Waals surface area (Å²) in [6.45, 7) is 0.946. The van der Waals surface area contributed by atoms with Crippen molar-refractivity contribution < 1.29 is 12.8 Å². The number of hydrogen-bond acceptors (Lipinski definition) is 3. The highest BCUT2D eigenvalue weighted by molar-refractivity contribution is 7.99. The summed E-state index contributed by atoms with van der Waals surface area (Å²) >= 11 is 7.50. The van der Waals surface area contributed by atoms with Crippen LogP contribution in [0.2, 0.25) is 5.02 Å². The van der Waals surface area contributed by atoms with Crippen molar-refractivity contribution in [2.75, 3.05) is 24.6 Å². The molecule has 0 aliphatic carbocycles. The van der Waals surface area contributed by atoms with Gasteiger partial charge in [0.05, 0.1) is 5.02 Å². The van der Waals surface area contributed by atoms with Crippen LogP contribution in [0.25, 0.3) is 0 Å². The summed E-state index contributed by atoms with van der Waals surface area (Å²) in [4.78, 5) is -0.0209. The van der Waals surface area contributed by atoms with Crippen LogP contribution in [0.3, 0.4) is 0 Å². The Balaban J connectivity index is 2.37. The molecule has 0 atom stereocenters. The summed E-state index contributed by atoms with van der Waals surface area (Å²) in [6.07, 6.45) is 0. The predicted octanol–water partition coefficient (Wildman–Crippen LogP) is 2.22. The minimum Gasteiger partial charge on any atom is -0.207 e. The molecule has 0 radical (unpaired) electrons. The van der Waals surface area contributed by atoms with E-state index in [0.717, 1.165) is 23.6 Å². The van der Waals surface area contributed by atoms with Crippen LogP contribution in [0.5, 0.6) is 0 Å². The number of rotatable bonds is 2. The van der Waals surface area contributed by atoms with E-state index in [4.69, 9.17) is 11.6 Å². The van der Waals surface area contributed by atoms with E-state index in [9.17, 15) is 12.8 Å². The zero-order valence-electron chi connectivity index (χ0n) is 8.90. The molecule has 0 bridgehead atoms. The lowest BCUT2D eigenvalue weighted by Gasteiger charge is -2.25. The number of nitrogens with zero attached hydrogens (tertiary/aromatic N) is 1. The standard InChI is InChI=1S/C10H11ClFNO2S2/c11-9-7-8(12)1-2-10(9)17(14,15)13-3-5-16-6-4-13/h1-2,7H,3-6H2. The van der Waals surface area contributed by atoms with Crippen molar-refractivity contribution in [3.8, 4) is 0 Å². The Morgan fingerprint density at radius 3 is 2.53 bits per heavy atom. The molecule has 2 rings (SSSR count). The van der Waals surface area contributed by atoms with Gasteiger partial charge in [-0.1, -0.05) is 11.6 Å². The lowest BCUT2D eigenvalue weighted by molar-refractivity contribution is 0.443. The van der Waals surface area contributed by atoms with Crippen molar-refractivity contribution >= 4 is 33.4 Å². The van der Waals surface area contributed by atoms with Gasteiger partial charge in [0.15, 0.2) is 0 Å². The third-order valence-corrected chi connectivity index (χ3v) is 5.81. The van der Waals surface area contributed by atoms with Gasteiger partial charge in [-0.3, -0.25) is 0 Å². The molecule has 0 unspecified atom stereocenters. The summed E-state index contributed by atoms with van der Waals surface area (Å²) < 4.78 is 38.7. The Morgan fingerprint density at radius 1 is 1.29 bits per heavy atom. The Bertz CT molecular complexity index is 515. The average Bonchev–Trinajstić information content (AvgIpc) is 2.29. The molecule has 1 aliphatic rings. The lowest BCUT2D eigenvalue weighted by Crippen LogP contribution is -2.37. The lowest BCUT2D eigenvalue weighted by atomic mass is 10.3. The second kappa shape index (κ2) is 5.14. The molecule has 0 N–H and O–H groups in total. The van der Waals surface area contributed by atoms with Crippen molar-refractivity contribution in [2.24, 2.45) is 0 Å². The second-order valence-corrected chi connectivity index (χ2v) is 7.13. The minimum atomic E-state index is -3.59. The maximum atomic E-state index is 12.9. The maximum Gasteiger partial charge on any atom is 0.244 e. The zero-order valence-corrected chi connectivity index (χ0v) is 11.3. The first-order chi connectivity index (χ1) is 8.01. The summed E-state index contributed by atoms with van der Waals surface area (Å²) in [5, 5.41) is -0.0665. The van der Waals surface area contributed by atoms with Gasteiger partial charge in [-0.05, 0) is 18.2 Å². The number of benzene rings is 1. The van der Waals surface area contributed by atoms with Crippen molar-refractivity contribution in [3.05, 3.63) is 29.0 Å². The van der Waals surface area contributed by atoms with Gasteiger partial charge in [0.25, 0.3) is 0 Å². The van der Waals surface area contributed by atoms with Crippen molar-refractivity contribution in [2.45, 2.75) is 4.90 Å². The number of halogens is 2. The van der Waals surface area contributed by atoms with Crippen LogP contribution < -0.4 is 0 Å². The van der Waals surface area contributed by atoms with Crippen LogP contribution in [0.1, 0.15) is 0 Å². The first-order valence-electron chi connectivity index (χ1n) is 5.05. The van der Waals surface area contributed by atoms with Crippen LogP contribution in [0, 0.1) is 5.82 Å². The number of hydrogen-bond donors (Lipinski definition) is 0. The number of sulfonamides is 1. The molecule has 1 aliphatic heterocycles. The monoisotopic (exact) mass is 295 g/mol. The highest BCUT2D eigenvalue weighted by Gasteiger charge is 2.28. The van der Waals surface area contributed by atoms with Crippen LogP contribution in [0.4, 0.5) is 4.39 Å². The van der Waals surface area contributed by atoms with Gasteiger partial charge in [-0.25, -0.2) is 12.8 Å². The molecule has 1 saturated heterocycles. The van der Waals surface area contributed by atoms with E-state index in [1.54, 1.807) is 11.8 Å². The quantitative estimate of drug-likeness (QED) is 0.839. The van der Waals surface area contributed by atoms with E-state index in [0.29, 0.717) is 13.1 Å².